The third-order valence-electron chi connectivity index (χ3n) is 5.02. The molecule has 1 atom stereocenters. The van der Waals surface area contributed by atoms with Crippen molar-refractivity contribution in [2.24, 2.45) is 5.41 Å². The molecule has 0 bridgehead atoms. The number of aliphatic hydroxyl groups excluding tert-OH is 2. The third-order valence-corrected chi connectivity index (χ3v) is 5.02. The number of hydrogen-bond donors (Lipinski definition) is 2. The first-order chi connectivity index (χ1) is 13.7. The number of allylic oxidation sites excluding steroid dienone is 14. The molecule has 0 unspecified atom stereocenters. The van der Waals surface area contributed by atoms with Crippen molar-refractivity contribution in [1.82, 2.24) is 0 Å². The van der Waals surface area contributed by atoms with Gasteiger partial charge in [-0.1, -0.05) is 103 Å². The molecule has 0 spiro atoms. The largest absolute Gasteiger partial charge is 0.393 e. The molecule has 0 amide bonds. The van der Waals surface area contributed by atoms with Crippen molar-refractivity contribution >= 4 is 0 Å². The van der Waals surface area contributed by atoms with Crippen LogP contribution in [0.5, 0.6) is 0 Å². The molecule has 0 aromatic carbocycles. The summed E-state index contributed by atoms with van der Waals surface area (Å²) in [6, 6.07) is 0. The van der Waals surface area contributed by atoms with E-state index in [1.54, 1.807) is 6.08 Å². The zero-order valence-electron chi connectivity index (χ0n) is 18.9. The van der Waals surface area contributed by atoms with Crippen LogP contribution in [-0.2, 0) is 0 Å². The van der Waals surface area contributed by atoms with Crippen molar-refractivity contribution in [1.29, 1.82) is 0 Å². The van der Waals surface area contributed by atoms with Crippen LogP contribution in [-0.4, -0.2) is 22.9 Å². The zero-order valence-corrected chi connectivity index (χ0v) is 18.9. The second-order valence-corrected chi connectivity index (χ2v) is 8.53. The van der Waals surface area contributed by atoms with E-state index in [1.807, 2.05) is 31.2 Å². The Bertz CT molecular complexity index is 777. The summed E-state index contributed by atoms with van der Waals surface area (Å²) < 4.78 is 0. The molecule has 29 heavy (non-hydrogen) atoms. The van der Waals surface area contributed by atoms with Gasteiger partial charge in [-0.05, 0) is 51.5 Å². The average molecular weight is 395 g/mol. The highest BCUT2D eigenvalue weighted by Crippen LogP contribution is 2.41. The SMILES string of the molecule is CC1=C(/C=C/C(C)=C/C=C/C(C)=C/C=C/C=C(C)/C=C/CO)C(C)(C)C[C@H](O)C1. The summed E-state index contributed by atoms with van der Waals surface area (Å²) in [6.07, 6.45) is 23.7. The molecule has 0 heterocycles. The van der Waals surface area contributed by atoms with Crippen molar-refractivity contribution in [3.63, 3.8) is 0 Å². The van der Waals surface area contributed by atoms with Crippen LogP contribution < -0.4 is 0 Å². The van der Waals surface area contributed by atoms with Crippen LogP contribution >= 0.6 is 0 Å². The molecule has 158 valence electrons. The molecule has 0 saturated carbocycles. The van der Waals surface area contributed by atoms with Crippen molar-refractivity contribution in [2.45, 2.75) is 60.5 Å². The summed E-state index contributed by atoms with van der Waals surface area (Å²) >= 11 is 0. The maximum atomic E-state index is 10.0. The van der Waals surface area contributed by atoms with Crippen molar-refractivity contribution < 1.29 is 10.2 Å². The molecular weight excluding hydrogens is 356 g/mol. The summed E-state index contributed by atoms with van der Waals surface area (Å²) in [5, 5.41) is 18.8. The summed E-state index contributed by atoms with van der Waals surface area (Å²) in [6.45, 7) is 12.8. The van der Waals surface area contributed by atoms with E-state index in [0.29, 0.717) is 0 Å². The predicted molar refractivity (Wildman–Crippen MR) is 127 cm³/mol. The Balaban J connectivity index is 2.70. The lowest BCUT2D eigenvalue weighted by Crippen LogP contribution is -2.28. The van der Waals surface area contributed by atoms with Crippen LogP contribution in [0.15, 0.2) is 94.7 Å². The van der Waals surface area contributed by atoms with Crippen LogP contribution in [0.2, 0.25) is 0 Å². The second-order valence-electron chi connectivity index (χ2n) is 8.53. The molecule has 2 nitrogen and oxygen atoms in total. The smallest absolute Gasteiger partial charge is 0.0615 e. The van der Waals surface area contributed by atoms with E-state index in [4.69, 9.17) is 5.11 Å². The quantitative estimate of drug-likeness (QED) is 0.459. The van der Waals surface area contributed by atoms with Gasteiger partial charge in [0.1, 0.15) is 0 Å². The van der Waals surface area contributed by atoms with Crippen molar-refractivity contribution in [3.05, 3.63) is 94.7 Å². The number of aliphatic hydroxyl groups is 2. The minimum Gasteiger partial charge on any atom is -0.393 e. The lowest BCUT2D eigenvalue weighted by molar-refractivity contribution is 0.116. The third kappa shape index (κ3) is 9.74. The number of rotatable bonds is 8. The fourth-order valence-corrected chi connectivity index (χ4v) is 3.57. The first kappa shape index (κ1) is 24.9. The van der Waals surface area contributed by atoms with Crippen LogP contribution in [0.1, 0.15) is 54.4 Å². The Morgan fingerprint density at radius 2 is 1.48 bits per heavy atom. The molecule has 0 aromatic rings. The van der Waals surface area contributed by atoms with E-state index in [9.17, 15) is 5.11 Å². The summed E-state index contributed by atoms with van der Waals surface area (Å²) in [5.41, 5.74) is 6.12. The number of hydrogen-bond acceptors (Lipinski definition) is 2. The van der Waals surface area contributed by atoms with Crippen LogP contribution in [0, 0.1) is 5.41 Å². The Morgan fingerprint density at radius 3 is 2.07 bits per heavy atom. The maximum Gasteiger partial charge on any atom is 0.0615 e. The van der Waals surface area contributed by atoms with Crippen LogP contribution in [0.25, 0.3) is 0 Å². The fraction of sp³-hybridized carbons (Fsp3) is 0.407. The molecule has 0 aromatic heterocycles. The van der Waals surface area contributed by atoms with E-state index >= 15 is 0 Å². The Labute approximate surface area is 177 Å². The van der Waals surface area contributed by atoms with E-state index in [1.165, 1.54) is 22.3 Å². The Morgan fingerprint density at radius 1 is 0.931 bits per heavy atom. The van der Waals surface area contributed by atoms with E-state index in [-0.39, 0.29) is 18.1 Å². The van der Waals surface area contributed by atoms with Gasteiger partial charge in [0.25, 0.3) is 0 Å². The van der Waals surface area contributed by atoms with E-state index in [2.05, 4.69) is 71.1 Å². The first-order valence-electron chi connectivity index (χ1n) is 10.4. The monoisotopic (exact) mass is 394 g/mol. The van der Waals surface area contributed by atoms with E-state index < -0.39 is 0 Å². The van der Waals surface area contributed by atoms with Gasteiger partial charge in [0.15, 0.2) is 0 Å². The Hall–Kier alpha value is -2.16. The molecule has 0 fully saturated rings. The van der Waals surface area contributed by atoms with Crippen molar-refractivity contribution in [2.75, 3.05) is 6.61 Å². The zero-order chi connectivity index (χ0) is 21.9. The Kier molecular flexibility index (Phi) is 10.6. The van der Waals surface area contributed by atoms with Gasteiger partial charge < -0.3 is 10.2 Å². The fourth-order valence-electron chi connectivity index (χ4n) is 3.57. The van der Waals surface area contributed by atoms with Gasteiger partial charge >= 0.3 is 0 Å². The lowest BCUT2D eigenvalue weighted by atomic mass is 9.71. The molecule has 1 rings (SSSR count). The van der Waals surface area contributed by atoms with E-state index in [0.717, 1.165) is 18.4 Å². The second kappa shape index (κ2) is 12.4. The van der Waals surface area contributed by atoms with Gasteiger partial charge in [-0.25, -0.2) is 0 Å². The summed E-state index contributed by atoms with van der Waals surface area (Å²) in [7, 11) is 0. The predicted octanol–water partition coefficient (Wildman–Crippen LogP) is 6.54. The minimum absolute atomic E-state index is 0.0146. The molecule has 0 aliphatic heterocycles. The first-order valence-corrected chi connectivity index (χ1v) is 10.4. The van der Waals surface area contributed by atoms with Gasteiger partial charge in [0, 0.05) is 0 Å². The molecular formula is C27H38O2. The van der Waals surface area contributed by atoms with Gasteiger partial charge in [-0.2, -0.15) is 0 Å². The molecule has 0 radical (unpaired) electrons. The standard InChI is InChI=1S/C27H38O2/c1-21(11-7-8-12-22(2)15-10-18-28)13-9-14-23(3)16-17-26-24(4)19-25(29)20-27(26,5)6/h7-17,25,28-29H,18-20H2,1-6H3/b8-7+,13-9+,15-10+,17-16+,21-11+,22-12+,23-14+/t25-/m1/s1. The molecule has 2 heteroatoms. The van der Waals surface area contributed by atoms with Gasteiger partial charge in [0.05, 0.1) is 12.7 Å². The topological polar surface area (TPSA) is 40.5 Å². The molecule has 0 saturated heterocycles. The highest BCUT2D eigenvalue weighted by molar-refractivity contribution is 5.38. The highest BCUT2D eigenvalue weighted by atomic mass is 16.3. The average Bonchev–Trinajstić information content (AvgIpc) is 2.62. The summed E-state index contributed by atoms with van der Waals surface area (Å²) in [4.78, 5) is 0. The minimum atomic E-state index is -0.220. The van der Waals surface area contributed by atoms with Gasteiger partial charge in [-0.3, -0.25) is 0 Å². The van der Waals surface area contributed by atoms with Crippen molar-refractivity contribution in [3.8, 4) is 0 Å². The molecule has 1 aliphatic rings. The van der Waals surface area contributed by atoms with Gasteiger partial charge in [-0.15, -0.1) is 0 Å². The lowest BCUT2D eigenvalue weighted by Gasteiger charge is -2.35. The normalized spacial score (nSPS) is 22.2. The molecule has 2 N–H and O–H groups in total. The maximum absolute atomic E-state index is 10.0. The van der Waals surface area contributed by atoms with Crippen LogP contribution in [0.4, 0.5) is 0 Å². The van der Waals surface area contributed by atoms with Crippen LogP contribution in [0.3, 0.4) is 0 Å². The highest BCUT2D eigenvalue weighted by Gasteiger charge is 2.31. The van der Waals surface area contributed by atoms with Gasteiger partial charge in [0.2, 0.25) is 0 Å². The summed E-state index contributed by atoms with van der Waals surface area (Å²) in [5.74, 6) is 0. The molecule has 1 aliphatic carbocycles.